The van der Waals surface area contributed by atoms with Crippen LogP contribution < -0.4 is 16.6 Å². The van der Waals surface area contributed by atoms with Crippen molar-refractivity contribution in [1.82, 2.24) is 20.1 Å². The quantitative estimate of drug-likeness (QED) is 0.725. The molecule has 2 rings (SSSR count). The fraction of sp³-hybridized carbons (Fsp3) is 0.462. The van der Waals surface area contributed by atoms with E-state index in [2.05, 4.69) is 15.4 Å². The molecule has 2 heterocycles. The molecule has 0 aliphatic carbocycles. The van der Waals surface area contributed by atoms with Gasteiger partial charge in [-0.1, -0.05) is 0 Å². The van der Waals surface area contributed by atoms with Gasteiger partial charge in [0.05, 0.1) is 11.4 Å². The minimum atomic E-state index is -0.563. The maximum atomic E-state index is 11.9. The largest absolute Gasteiger partial charge is 0.351 e. The fourth-order valence-corrected chi connectivity index (χ4v) is 2.24. The van der Waals surface area contributed by atoms with Crippen molar-refractivity contribution < 1.29 is 4.79 Å². The number of aromatic nitrogens is 3. The molecule has 0 fully saturated rings. The number of hydrogen-bond acceptors (Lipinski definition) is 4. The molecule has 2 aromatic rings. The van der Waals surface area contributed by atoms with Crippen LogP contribution in [0.2, 0.25) is 0 Å². The lowest BCUT2D eigenvalue weighted by Gasteiger charge is -2.12. The van der Waals surface area contributed by atoms with Gasteiger partial charge in [0.15, 0.2) is 5.65 Å². The van der Waals surface area contributed by atoms with Crippen molar-refractivity contribution in [2.24, 2.45) is 12.8 Å². The van der Waals surface area contributed by atoms with E-state index in [9.17, 15) is 9.59 Å². The molecule has 0 radical (unpaired) electrons. The zero-order valence-corrected chi connectivity index (χ0v) is 12.1. The maximum Gasteiger partial charge on any atom is 0.273 e. The second-order valence-electron chi connectivity index (χ2n) is 5.01. The molecule has 20 heavy (non-hydrogen) atoms. The molecule has 0 spiro atoms. The number of rotatable bonds is 3. The van der Waals surface area contributed by atoms with Gasteiger partial charge in [-0.2, -0.15) is 0 Å². The summed E-state index contributed by atoms with van der Waals surface area (Å²) in [6, 6.07) is -0.563. The number of pyridine rings is 1. The summed E-state index contributed by atoms with van der Waals surface area (Å²) in [6.07, 6.45) is 0. The van der Waals surface area contributed by atoms with Gasteiger partial charge >= 0.3 is 0 Å². The van der Waals surface area contributed by atoms with Gasteiger partial charge in [0, 0.05) is 19.3 Å². The first-order chi connectivity index (χ1) is 9.32. The lowest BCUT2D eigenvalue weighted by Crippen LogP contribution is -2.38. The standard InChI is InChI=1S/C13H19N5O2/c1-6-9(5-15-12(19)7(2)14)8(3)16-11-10(6)13(20)17-18(11)4/h7H,5,14H2,1-4H3,(H,15,19)(H,17,20)/t7-/m1/s1. The van der Waals surface area contributed by atoms with E-state index in [0.717, 1.165) is 16.8 Å². The van der Waals surface area contributed by atoms with Gasteiger partial charge in [0.25, 0.3) is 5.56 Å². The number of carbonyl (C=O) groups excluding carboxylic acids is 1. The lowest BCUT2D eigenvalue weighted by molar-refractivity contribution is -0.122. The van der Waals surface area contributed by atoms with E-state index in [1.165, 1.54) is 0 Å². The molecule has 0 aromatic carbocycles. The van der Waals surface area contributed by atoms with Crippen LogP contribution in [-0.2, 0) is 18.4 Å². The molecule has 0 aliphatic heterocycles. The number of hydrogen-bond donors (Lipinski definition) is 3. The van der Waals surface area contributed by atoms with Gasteiger partial charge in [-0.25, -0.2) is 4.98 Å². The number of aromatic amines is 1. The maximum absolute atomic E-state index is 11.9. The van der Waals surface area contributed by atoms with E-state index >= 15 is 0 Å². The fourth-order valence-electron chi connectivity index (χ4n) is 2.24. The Balaban J connectivity index is 2.47. The molecule has 2 aromatic heterocycles. The first-order valence-electron chi connectivity index (χ1n) is 6.41. The van der Waals surface area contributed by atoms with Crippen molar-refractivity contribution in [1.29, 1.82) is 0 Å². The molecule has 0 bridgehead atoms. The van der Waals surface area contributed by atoms with Crippen molar-refractivity contribution in [3.8, 4) is 0 Å². The summed E-state index contributed by atoms with van der Waals surface area (Å²) in [4.78, 5) is 27.9. The highest BCUT2D eigenvalue weighted by Crippen LogP contribution is 2.19. The van der Waals surface area contributed by atoms with E-state index in [-0.39, 0.29) is 11.5 Å². The number of aryl methyl sites for hydroxylation is 3. The van der Waals surface area contributed by atoms with Crippen molar-refractivity contribution >= 4 is 16.9 Å². The molecule has 0 saturated heterocycles. The molecule has 7 nitrogen and oxygen atoms in total. The third-order valence-corrected chi connectivity index (χ3v) is 3.43. The molecule has 0 aliphatic rings. The number of H-pyrrole nitrogens is 1. The number of nitrogens with zero attached hydrogens (tertiary/aromatic N) is 2. The van der Waals surface area contributed by atoms with Gasteiger partial charge in [0.2, 0.25) is 5.91 Å². The molecule has 0 saturated carbocycles. The molecule has 1 atom stereocenters. The Hall–Kier alpha value is -2.15. The summed E-state index contributed by atoms with van der Waals surface area (Å²) in [6.45, 7) is 5.66. The minimum absolute atomic E-state index is 0.174. The molecule has 7 heteroatoms. The Morgan fingerprint density at radius 1 is 1.50 bits per heavy atom. The SMILES string of the molecule is Cc1nc2c(c(C)c1CNC(=O)[C@@H](C)N)c(=O)[nH]n2C. The Labute approximate surface area is 116 Å². The number of nitrogens with two attached hydrogens (primary N) is 1. The normalized spacial score (nSPS) is 12.7. The van der Waals surface area contributed by atoms with Crippen LogP contribution in [-0.4, -0.2) is 26.7 Å². The zero-order valence-electron chi connectivity index (χ0n) is 12.1. The highest BCUT2D eigenvalue weighted by Gasteiger charge is 2.16. The Morgan fingerprint density at radius 2 is 2.15 bits per heavy atom. The van der Waals surface area contributed by atoms with Crippen LogP contribution in [0.1, 0.15) is 23.7 Å². The Bertz CT molecular complexity index is 726. The van der Waals surface area contributed by atoms with E-state index < -0.39 is 6.04 Å². The van der Waals surface area contributed by atoms with Gasteiger partial charge in [-0.05, 0) is 31.9 Å². The first kappa shape index (κ1) is 14.3. The lowest BCUT2D eigenvalue weighted by atomic mass is 10.0. The molecular formula is C13H19N5O2. The summed E-state index contributed by atoms with van der Waals surface area (Å²) in [5, 5.41) is 5.99. The van der Waals surface area contributed by atoms with Crippen LogP contribution in [0.3, 0.4) is 0 Å². The van der Waals surface area contributed by atoms with Crippen molar-refractivity contribution in [2.45, 2.75) is 33.4 Å². The average Bonchev–Trinajstić information content (AvgIpc) is 2.63. The smallest absolute Gasteiger partial charge is 0.273 e. The van der Waals surface area contributed by atoms with Crippen LogP contribution in [0, 0.1) is 13.8 Å². The third kappa shape index (κ3) is 2.32. The predicted molar refractivity (Wildman–Crippen MR) is 76.3 cm³/mol. The first-order valence-corrected chi connectivity index (χ1v) is 6.41. The highest BCUT2D eigenvalue weighted by molar-refractivity contribution is 5.82. The number of nitrogens with one attached hydrogen (secondary N) is 2. The van der Waals surface area contributed by atoms with Crippen molar-refractivity contribution in [2.75, 3.05) is 0 Å². The van der Waals surface area contributed by atoms with Gasteiger partial charge < -0.3 is 11.1 Å². The Kier molecular flexibility index (Phi) is 3.63. The van der Waals surface area contributed by atoms with Crippen LogP contribution in [0.4, 0.5) is 0 Å². The number of fused-ring (bicyclic) bond motifs is 1. The predicted octanol–water partition coefficient (Wildman–Crippen LogP) is -0.158. The zero-order chi connectivity index (χ0) is 15.0. The van der Waals surface area contributed by atoms with Crippen LogP contribution in [0.25, 0.3) is 11.0 Å². The Morgan fingerprint density at radius 3 is 2.75 bits per heavy atom. The van der Waals surface area contributed by atoms with E-state index in [0.29, 0.717) is 17.6 Å². The summed E-state index contributed by atoms with van der Waals surface area (Å²) in [5.74, 6) is -0.231. The molecule has 1 amide bonds. The topological polar surface area (TPSA) is 106 Å². The third-order valence-electron chi connectivity index (χ3n) is 3.43. The molecule has 0 unspecified atom stereocenters. The van der Waals surface area contributed by atoms with Crippen LogP contribution in [0.5, 0.6) is 0 Å². The second-order valence-corrected chi connectivity index (χ2v) is 5.01. The van der Waals surface area contributed by atoms with E-state index in [1.807, 2.05) is 13.8 Å². The second kappa shape index (κ2) is 5.09. The monoisotopic (exact) mass is 277 g/mol. The number of amides is 1. The van der Waals surface area contributed by atoms with Crippen LogP contribution >= 0.6 is 0 Å². The van der Waals surface area contributed by atoms with Gasteiger partial charge in [-0.15, -0.1) is 0 Å². The molecular weight excluding hydrogens is 258 g/mol. The van der Waals surface area contributed by atoms with E-state index in [1.54, 1.807) is 18.7 Å². The summed E-state index contributed by atoms with van der Waals surface area (Å²) >= 11 is 0. The summed E-state index contributed by atoms with van der Waals surface area (Å²) < 4.78 is 1.60. The summed E-state index contributed by atoms with van der Waals surface area (Å²) in [5.41, 5.74) is 8.42. The van der Waals surface area contributed by atoms with E-state index in [4.69, 9.17) is 5.73 Å². The van der Waals surface area contributed by atoms with Gasteiger partial charge in [0.1, 0.15) is 0 Å². The highest BCUT2D eigenvalue weighted by atomic mass is 16.2. The molecule has 4 N–H and O–H groups in total. The molecule has 108 valence electrons. The van der Waals surface area contributed by atoms with Crippen molar-refractivity contribution in [3.05, 3.63) is 27.2 Å². The average molecular weight is 277 g/mol. The minimum Gasteiger partial charge on any atom is -0.351 e. The van der Waals surface area contributed by atoms with Crippen molar-refractivity contribution in [3.63, 3.8) is 0 Å². The van der Waals surface area contributed by atoms with Gasteiger partial charge in [-0.3, -0.25) is 19.4 Å². The van der Waals surface area contributed by atoms with Crippen LogP contribution in [0.15, 0.2) is 4.79 Å². The number of carbonyl (C=O) groups is 1. The summed E-state index contributed by atoms with van der Waals surface area (Å²) in [7, 11) is 1.74.